The molecule has 0 amide bonds. The Kier molecular flexibility index (Phi) is 8.29. The van der Waals surface area contributed by atoms with Gasteiger partial charge in [-0.25, -0.2) is 0 Å². The number of benzene rings is 1. The maximum atomic E-state index is 11.4. The number of ether oxygens (including phenoxy) is 2. The summed E-state index contributed by atoms with van der Waals surface area (Å²) in [6.07, 6.45) is 0. The summed E-state index contributed by atoms with van der Waals surface area (Å²) in [5, 5.41) is 0. The number of carbonyl (C=O) groups excluding carboxylic acids is 2. The van der Waals surface area contributed by atoms with E-state index in [1.165, 1.54) is 0 Å². The summed E-state index contributed by atoms with van der Waals surface area (Å²) in [5.41, 5.74) is 0. The third kappa shape index (κ3) is 6.36. The first kappa shape index (κ1) is 18.2. The molecule has 0 aliphatic carbocycles. The van der Waals surface area contributed by atoms with Crippen molar-refractivity contribution in [3.63, 3.8) is 0 Å². The number of esters is 2. The molecule has 0 aliphatic rings. The van der Waals surface area contributed by atoms with Gasteiger partial charge in [0.05, 0.1) is 11.8 Å². The standard InChI is InChI=1S/C14H18O4.C2H6/c1-9(2)13(15)17-11-5-7-12(8-6-11)18-14(16)10(3)4;1-2/h5-10H,1-4H3;1-2H3. The minimum atomic E-state index is -0.290. The van der Waals surface area contributed by atoms with Crippen molar-refractivity contribution in [1.82, 2.24) is 0 Å². The average molecular weight is 280 g/mol. The zero-order valence-corrected chi connectivity index (χ0v) is 13.1. The van der Waals surface area contributed by atoms with Crippen LogP contribution in [0.15, 0.2) is 24.3 Å². The fourth-order valence-electron chi connectivity index (χ4n) is 1.04. The van der Waals surface area contributed by atoms with E-state index in [0.717, 1.165) is 0 Å². The minimum Gasteiger partial charge on any atom is -0.426 e. The van der Waals surface area contributed by atoms with E-state index in [2.05, 4.69) is 0 Å². The van der Waals surface area contributed by atoms with Crippen LogP contribution in [0.5, 0.6) is 11.5 Å². The second kappa shape index (κ2) is 9.13. The predicted molar refractivity (Wildman–Crippen MR) is 78.7 cm³/mol. The molecule has 0 saturated carbocycles. The topological polar surface area (TPSA) is 52.6 Å². The highest BCUT2D eigenvalue weighted by atomic mass is 16.5. The van der Waals surface area contributed by atoms with Crippen LogP contribution in [0.25, 0.3) is 0 Å². The van der Waals surface area contributed by atoms with Crippen molar-refractivity contribution in [1.29, 1.82) is 0 Å². The quantitative estimate of drug-likeness (QED) is 0.621. The van der Waals surface area contributed by atoms with Gasteiger partial charge in [0, 0.05) is 0 Å². The SMILES string of the molecule is CC.CC(C)C(=O)Oc1ccc(OC(=O)C(C)C)cc1. The maximum Gasteiger partial charge on any atom is 0.313 e. The molecule has 0 unspecified atom stereocenters. The van der Waals surface area contributed by atoms with Crippen molar-refractivity contribution in [3.8, 4) is 11.5 Å². The largest absolute Gasteiger partial charge is 0.426 e. The van der Waals surface area contributed by atoms with Gasteiger partial charge in [-0.15, -0.1) is 0 Å². The monoisotopic (exact) mass is 280 g/mol. The molecule has 4 nitrogen and oxygen atoms in total. The molecule has 1 aromatic rings. The summed E-state index contributed by atoms with van der Waals surface area (Å²) in [6.45, 7) is 11.1. The normalized spacial score (nSPS) is 9.80. The number of hydrogen-bond donors (Lipinski definition) is 0. The van der Waals surface area contributed by atoms with Crippen LogP contribution in [0.1, 0.15) is 41.5 Å². The van der Waals surface area contributed by atoms with Crippen molar-refractivity contribution in [2.45, 2.75) is 41.5 Å². The Bertz CT molecular complexity index is 378. The van der Waals surface area contributed by atoms with E-state index in [1.807, 2.05) is 13.8 Å². The number of hydrogen-bond acceptors (Lipinski definition) is 4. The average Bonchev–Trinajstić information content (AvgIpc) is 2.42. The molecule has 0 heterocycles. The van der Waals surface area contributed by atoms with Gasteiger partial charge in [0.2, 0.25) is 0 Å². The highest BCUT2D eigenvalue weighted by Gasteiger charge is 2.11. The van der Waals surface area contributed by atoms with E-state index in [4.69, 9.17) is 9.47 Å². The fraction of sp³-hybridized carbons (Fsp3) is 0.500. The van der Waals surface area contributed by atoms with E-state index in [1.54, 1.807) is 52.0 Å². The highest BCUT2D eigenvalue weighted by Crippen LogP contribution is 2.19. The molecule has 0 spiro atoms. The van der Waals surface area contributed by atoms with E-state index >= 15 is 0 Å². The summed E-state index contributed by atoms with van der Waals surface area (Å²) >= 11 is 0. The zero-order valence-electron chi connectivity index (χ0n) is 13.1. The summed E-state index contributed by atoms with van der Waals surface area (Å²) < 4.78 is 10.2. The van der Waals surface area contributed by atoms with Gasteiger partial charge in [0.25, 0.3) is 0 Å². The van der Waals surface area contributed by atoms with Gasteiger partial charge in [-0.1, -0.05) is 41.5 Å². The molecule has 112 valence electrons. The summed E-state index contributed by atoms with van der Waals surface area (Å²) in [4.78, 5) is 22.7. The predicted octanol–water partition coefficient (Wildman–Crippen LogP) is 3.84. The first-order valence-electron chi connectivity index (χ1n) is 6.93. The van der Waals surface area contributed by atoms with Crippen molar-refractivity contribution in [2.75, 3.05) is 0 Å². The fourth-order valence-corrected chi connectivity index (χ4v) is 1.04. The lowest BCUT2D eigenvalue weighted by Gasteiger charge is -2.08. The molecule has 0 N–H and O–H groups in total. The van der Waals surface area contributed by atoms with E-state index in [-0.39, 0.29) is 23.8 Å². The van der Waals surface area contributed by atoms with Crippen LogP contribution in [0.2, 0.25) is 0 Å². The minimum absolute atomic E-state index is 0.177. The Morgan fingerprint density at radius 2 is 1.00 bits per heavy atom. The zero-order chi connectivity index (χ0) is 15.7. The molecule has 0 radical (unpaired) electrons. The Hall–Kier alpha value is -1.84. The Balaban J connectivity index is 0.00000172. The molecular formula is C16H24O4. The van der Waals surface area contributed by atoms with Gasteiger partial charge in [-0.2, -0.15) is 0 Å². The molecule has 0 fully saturated rings. The van der Waals surface area contributed by atoms with Crippen LogP contribution in [0.4, 0.5) is 0 Å². The van der Waals surface area contributed by atoms with Crippen LogP contribution in [0, 0.1) is 11.8 Å². The first-order chi connectivity index (χ1) is 9.40. The first-order valence-corrected chi connectivity index (χ1v) is 6.93. The van der Waals surface area contributed by atoms with Crippen molar-refractivity contribution < 1.29 is 19.1 Å². The van der Waals surface area contributed by atoms with Crippen LogP contribution < -0.4 is 9.47 Å². The molecule has 20 heavy (non-hydrogen) atoms. The summed E-state index contributed by atoms with van der Waals surface area (Å²) in [5.74, 6) is -0.0492. The second-order valence-corrected chi connectivity index (χ2v) is 4.62. The van der Waals surface area contributed by atoms with Gasteiger partial charge in [0.15, 0.2) is 0 Å². The lowest BCUT2D eigenvalue weighted by atomic mass is 10.2. The number of carbonyl (C=O) groups is 2. The van der Waals surface area contributed by atoms with Crippen LogP contribution >= 0.6 is 0 Å². The maximum absolute atomic E-state index is 11.4. The molecular weight excluding hydrogens is 256 g/mol. The van der Waals surface area contributed by atoms with Gasteiger partial charge >= 0.3 is 11.9 Å². The number of rotatable bonds is 4. The lowest BCUT2D eigenvalue weighted by molar-refractivity contribution is -0.138. The van der Waals surface area contributed by atoms with Crippen LogP contribution in [0.3, 0.4) is 0 Å². The molecule has 0 atom stereocenters. The van der Waals surface area contributed by atoms with Crippen LogP contribution in [-0.2, 0) is 9.59 Å². The van der Waals surface area contributed by atoms with Crippen LogP contribution in [-0.4, -0.2) is 11.9 Å². The van der Waals surface area contributed by atoms with E-state index < -0.39 is 0 Å². The Morgan fingerprint density at radius 3 is 1.20 bits per heavy atom. The van der Waals surface area contributed by atoms with Gasteiger partial charge < -0.3 is 9.47 Å². The lowest BCUT2D eigenvalue weighted by Crippen LogP contribution is -2.15. The molecule has 1 aromatic carbocycles. The van der Waals surface area contributed by atoms with E-state index in [0.29, 0.717) is 11.5 Å². The van der Waals surface area contributed by atoms with Gasteiger partial charge in [0.1, 0.15) is 11.5 Å². The molecule has 0 aromatic heterocycles. The molecule has 0 aliphatic heterocycles. The summed E-state index contributed by atoms with van der Waals surface area (Å²) in [7, 11) is 0. The Morgan fingerprint density at radius 1 is 0.750 bits per heavy atom. The second-order valence-electron chi connectivity index (χ2n) is 4.62. The molecule has 1 rings (SSSR count). The van der Waals surface area contributed by atoms with Gasteiger partial charge in [-0.05, 0) is 24.3 Å². The van der Waals surface area contributed by atoms with Crippen molar-refractivity contribution in [3.05, 3.63) is 24.3 Å². The van der Waals surface area contributed by atoms with Crippen molar-refractivity contribution >= 4 is 11.9 Å². The smallest absolute Gasteiger partial charge is 0.313 e. The van der Waals surface area contributed by atoms with Gasteiger partial charge in [-0.3, -0.25) is 9.59 Å². The molecule has 0 saturated heterocycles. The third-order valence-electron chi connectivity index (χ3n) is 2.20. The summed E-state index contributed by atoms with van der Waals surface area (Å²) in [6, 6.07) is 6.40. The third-order valence-corrected chi connectivity index (χ3v) is 2.20. The van der Waals surface area contributed by atoms with E-state index in [9.17, 15) is 9.59 Å². The highest BCUT2D eigenvalue weighted by molar-refractivity contribution is 5.75. The van der Waals surface area contributed by atoms with Crippen molar-refractivity contribution in [2.24, 2.45) is 11.8 Å². The Labute approximate surface area is 121 Å². The molecule has 0 bridgehead atoms. The molecule has 4 heteroatoms.